The highest BCUT2D eigenvalue weighted by molar-refractivity contribution is 7.91. The van der Waals surface area contributed by atoms with E-state index in [1.165, 1.54) is 12.1 Å². The van der Waals surface area contributed by atoms with E-state index in [0.29, 0.717) is 13.0 Å². The molecule has 1 atom stereocenters. The summed E-state index contributed by atoms with van der Waals surface area (Å²) in [5.74, 6) is 0.112. The first-order chi connectivity index (χ1) is 9.63. The van der Waals surface area contributed by atoms with E-state index in [-0.39, 0.29) is 28.8 Å². The van der Waals surface area contributed by atoms with Crippen molar-refractivity contribution in [3.8, 4) is 0 Å². The molecule has 0 spiro atoms. The van der Waals surface area contributed by atoms with Crippen molar-refractivity contribution >= 4 is 9.84 Å². The minimum absolute atomic E-state index is 0.0398. The van der Waals surface area contributed by atoms with Crippen LogP contribution in [0.3, 0.4) is 0 Å². The quantitative estimate of drug-likeness (QED) is 0.841. The Morgan fingerprint density at radius 2 is 1.76 bits per heavy atom. The first-order valence-corrected chi connectivity index (χ1v) is 9.16. The Morgan fingerprint density at radius 3 is 2.24 bits per heavy atom. The highest BCUT2D eigenvalue weighted by Crippen LogP contribution is 2.21. The van der Waals surface area contributed by atoms with Crippen molar-refractivity contribution in [3.05, 3.63) is 35.6 Å². The molecule has 1 unspecified atom stereocenters. The fourth-order valence-corrected chi connectivity index (χ4v) is 2.95. The fourth-order valence-electron chi connectivity index (χ4n) is 2.02. The Kier molecular flexibility index (Phi) is 6.35. The first-order valence-electron chi connectivity index (χ1n) is 7.34. The maximum absolute atomic E-state index is 13.0. The van der Waals surface area contributed by atoms with Crippen LogP contribution in [0.2, 0.25) is 0 Å². The number of halogens is 1. The zero-order valence-corrected chi connectivity index (χ0v) is 14.1. The molecule has 1 N–H and O–H groups in total. The highest BCUT2D eigenvalue weighted by atomic mass is 32.2. The van der Waals surface area contributed by atoms with Crippen LogP contribution >= 0.6 is 0 Å². The molecule has 1 aromatic carbocycles. The fraction of sp³-hybridized carbons (Fsp3) is 0.625. The molecule has 120 valence electrons. The van der Waals surface area contributed by atoms with Crippen LogP contribution in [-0.4, -0.2) is 32.0 Å². The third kappa shape index (κ3) is 7.05. The second-order valence-corrected chi connectivity index (χ2v) is 8.88. The van der Waals surface area contributed by atoms with E-state index in [4.69, 9.17) is 0 Å². The van der Waals surface area contributed by atoms with Gasteiger partial charge in [-0.15, -0.1) is 0 Å². The second kappa shape index (κ2) is 7.36. The molecule has 0 heterocycles. The van der Waals surface area contributed by atoms with Crippen LogP contribution in [0.5, 0.6) is 0 Å². The van der Waals surface area contributed by atoms with E-state index in [1.54, 1.807) is 19.1 Å². The van der Waals surface area contributed by atoms with E-state index < -0.39 is 9.84 Å². The summed E-state index contributed by atoms with van der Waals surface area (Å²) < 4.78 is 36.5. The second-order valence-electron chi connectivity index (χ2n) is 6.40. The lowest BCUT2D eigenvalue weighted by molar-refractivity contribution is 0.402. The van der Waals surface area contributed by atoms with Crippen LogP contribution in [0.4, 0.5) is 4.39 Å². The van der Waals surface area contributed by atoms with Crippen molar-refractivity contribution in [3.63, 3.8) is 0 Å². The van der Waals surface area contributed by atoms with E-state index in [2.05, 4.69) is 26.1 Å². The Morgan fingerprint density at radius 1 is 1.19 bits per heavy atom. The lowest BCUT2D eigenvalue weighted by Crippen LogP contribution is -2.39. The van der Waals surface area contributed by atoms with Gasteiger partial charge in [-0.1, -0.05) is 19.1 Å². The van der Waals surface area contributed by atoms with Crippen molar-refractivity contribution in [2.24, 2.45) is 0 Å². The number of benzene rings is 1. The molecule has 21 heavy (non-hydrogen) atoms. The van der Waals surface area contributed by atoms with E-state index >= 15 is 0 Å². The van der Waals surface area contributed by atoms with Crippen molar-refractivity contribution in [1.29, 1.82) is 0 Å². The van der Waals surface area contributed by atoms with Crippen molar-refractivity contribution in [2.75, 3.05) is 18.1 Å². The molecule has 3 nitrogen and oxygen atoms in total. The smallest absolute Gasteiger partial charge is 0.150 e. The molecule has 1 rings (SSSR count). The summed E-state index contributed by atoms with van der Waals surface area (Å²) in [5.41, 5.74) is 0.932. The number of nitrogens with one attached hydrogen (secondary N) is 1. The predicted molar refractivity (Wildman–Crippen MR) is 85.8 cm³/mol. The van der Waals surface area contributed by atoms with Gasteiger partial charge in [-0.3, -0.25) is 0 Å². The topological polar surface area (TPSA) is 46.2 Å². The lowest BCUT2D eigenvalue weighted by Gasteiger charge is -2.25. The minimum Gasteiger partial charge on any atom is -0.311 e. The number of hydrogen-bond donors (Lipinski definition) is 1. The van der Waals surface area contributed by atoms with Gasteiger partial charge >= 0.3 is 0 Å². The summed E-state index contributed by atoms with van der Waals surface area (Å²) >= 11 is 0. The molecular weight excluding hydrogens is 289 g/mol. The van der Waals surface area contributed by atoms with Crippen LogP contribution < -0.4 is 5.32 Å². The Labute approximate surface area is 127 Å². The molecule has 0 aliphatic rings. The SMILES string of the molecule is CCS(=O)(=O)CCC(CNC(C)(C)C)c1ccc(F)cc1. The molecule has 0 aliphatic heterocycles. The van der Waals surface area contributed by atoms with Gasteiger partial charge in [0.25, 0.3) is 0 Å². The highest BCUT2D eigenvalue weighted by Gasteiger charge is 2.19. The monoisotopic (exact) mass is 315 g/mol. The van der Waals surface area contributed by atoms with Gasteiger partial charge in [0.2, 0.25) is 0 Å². The van der Waals surface area contributed by atoms with Crippen molar-refractivity contribution < 1.29 is 12.8 Å². The zero-order valence-electron chi connectivity index (χ0n) is 13.3. The minimum atomic E-state index is -2.99. The Balaban J connectivity index is 2.81. The van der Waals surface area contributed by atoms with Gasteiger partial charge in [0.1, 0.15) is 15.7 Å². The van der Waals surface area contributed by atoms with Crippen LogP contribution in [0, 0.1) is 5.82 Å². The Bertz CT molecular complexity index is 532. The summed E-state index contributed by atoms with van der Waals surface area (Å²) in [5, 5.41) is 3.40. The van der Waals surface area contributed by atoms with Gasteiger partial charge < -0.3 is 5.32 Å². The van der Waals surface area contributed by atoms with Gasteiger partial charge in [-0.2, -0.15) is 0 Å². The lowest BCUT2D eigenvalue weighted by atomic mass is 9.95. The average Bonchev–Trinajstić information content (AvgIpc) is 2.39. The van der Waals surface area contributed by atoms with Gasteiger partial charge in [-0.05, 0) is 50.8 Å². The maximum atomic E-state index is 13.0. The van der Waals surface area contributed by atoms with Crippen molar-refractivity contribution in [1.82, 2.24) is 5.32 Å². The molecule has 0 saturated carbocycles. The Hall–Kier alpha value is -0.940. The third-order valence-corrected chi connectivity index (χ3v) is 5.17. The van der Waals surface area contributed by atoms with E-state index in [0.717, 1.165) is 5.56 Å². The van der Waals surface area contributed by atoms with Gasteiger partial charge in [0, 0.05) is 17.8 Å². The number of sulfone groups is 1. The summed E-state index contributed by atoms with van der Waals surface area (Å²) in [4.78, 5) is 0. The van der Waals surface area contributed by atoms with Crippen LogP contribution in [0.15, 0.2) is 24.3 Å². The van der Waals surface area contributed by atoms with Gasteiger partial charge in [0.15, 0.2) is 0 Å². The van der Waals surface area contributed by atoms with Crippen LogP contribution in [0.25, 0.3) is 0 Å². The van der Waals surface area contributed by atoms with E-state index in [1.807, 2.05) is 0 Å². The van der Waals surface area contributed by atoms with Crippen molar-refractivity contribution in [2.45, 2.75) is 45.6 Å². The largest absolute Gasteiger partial charge is 0.311 e. The summed E-state index contributed by atoms with van der Waals surface area (Å²) in [6.07, 6.45) is 0.547. The molecule has 1 aromatic rings. The molecular formula is C16H26FNO2S. The standard InChI is InChI=1S/C16H26FNO2S/c1-5-21(19,20)11-10-14(12-18-16(2,3)4)13-6-8-15(17)9-7-13/h6-9,14,18H,5,10-12H2,1-4H3. The molecule has 0 radical (unpaired) electrons. The normalized spacial score (nSPS) is 14.1. The van der Waals surface area contributed by atoms with E-state index in [9.17, 15) is 12.8 Å². The molecule has 0 aliphatic carbocycles. The summed E-state index contributed by atoms with van der Waals surface area (Å²) in [7, 11) is -2.99. The zero-order chi connectivity index (χ0) is 16.1. The molecule has 0 aromatic heterocycles. The maximum Gasteiger partial charge on any atom is 0.150 e. The molecule has 0 saturated heterocycles. The average molecular weight is 315 g/mol. The number of hydrogen-bond acceptors (Lipinski definition) is 3. The molecule has 5 heteroatoms. The van der Waals surface area contributed by atoms with Gasteiger partial charge in [0.05, 0.1) is 5.75 Å². The first kappa shape index (κ1) is 18.1. The van der Waals surface area contributed by atoms with Gasteiger partial charge in [-0.25, -0.2) is 12.8 Å². The predicted octanol–water partition coefficient (Wildman–Crippen LogP) is 3.12. The number of rotatable bonds is 7. The van der Waals surface area contributed by atoms with Crippen LogP contribution in [-0.2, 0) is 9.84 Å². The van der Waals surface area contributed by atoms with Crippen LogP contribution in [0.1, 0.15) is 45.6 Å². The molecule has 0 bridgehead atoms. The molecule has 0 fully saturated rings. The summed E-state index contributed by atoms with van der Waals surface area (Å²) in [6, 6.07) is 6.33. The third-order valence-electron chi connectivity index (χ3n) is 3.44. The summed E-state index contributed by atoms with van der Waals surface area (Å²) in [6.45, 7) is 8.54. The molecule has 0 amide bonds.